The molecule has 0 saturated carbocycles. The zero-order chi connectivity index (χ0) is 12.5. The SMILES string of the molecule is O=C(O)C(Cl)S(=O)(=O)c1ccc(Cl)c(Cl)c1. The van der Waals surface area contributed by atoms with Crippen molar-refractivity contribution in [3.63, 3.8) is 0 Å². The number of aliphatic carboxylic acids is 1. The lowest BCUT2D eigenvalue weighted by atomic mass is 10.4. The average Bonchev–Trinajstić information content (AvgIpc) is 2.20. The van der Waals surface area contributed by atoms with Crippen LogP contribution in [-0.4, -0.2) is 24.2 Å². The largest absolute Gasteiger partial charge is 0.479 e. The molecule has 4 nitrogen and oxygen atoms in total. The molecule has 0 aliphatic carbocycles. The van der Waals surface area contributed by atoms with Gasteiger partial charge in [0, 0.05) is 0 Å². The molecule has 0 amide bonds. The van der Waals surface area contributed by atoms with Gasteiger partial charge in [0.1, 0.15) is 0 Å². The summed E-state index contributed by atoms with van der Waals surface area (Å²) < 4.78 is 21.2. The van der Waals surface area contributed by atoms with Crippen LogP contribution in [0.15, 0.2) is 23.1 Å². The predicted octanol–water partition coefficient (Wildman–Crippen LogP) is 2.42. The maximum Gasteiger partial charge on any atom is 0.337 e. The lowest BCUT2D eigenvalue weighted by Crippen LogP contribution is -2.24. The maximum absolute atomic E-state index is 11.6. The van der Waals surface area contributed by atoms with Gasteiger partial charge in [-0.1, -0.05) is 34.8 Å². The number of halogens is 3. The smallest absolute Gasteiger partial charge is 0.337 e. The Balaban J connectivity index is 3.28. The topological polar surface area (TPSA) is 71.4 Å². The number of rotatable bonds is 3. The van der Waals surface area contributed by atoms with E-state index in [1.165, 1.54) is 6.07 Å². The number of carbonyl (C=O) groups is 1. The van der Waals surface area contributed by atoms with E-state index >= 15 is 0 Å². The quantitative estimate of drug-likeness (QED) is 0.871. The molecule has 0 radical (unpaired) electrons. The van der Waals surface area contributed by atoms with E-state index in [1.54, 1.807) is 0 Å². The molecule has 1 aromatic carbocycles. The second kappa shape index (κ2) is 4.79. The first-order valence-corrected chi connectivity index (χ1v) is 6.56. The summed E-state index contributed by atoms with van der Waals surface area (Å²) in [5.41, 5.74) is 0. The van der Waals surface area contributed by atoms with Crippen LogP contribution in [-0.2, 0) is 14.6 Å². The number of carboxylic acids is 1. The molecule has 0 spiro atoms. The van der Waals surface area contributed by atoms with Gasteiger partial charge in [-0.05, 0) is 18.2 Å². The number of hydrogen-bond donors (Lipinski definition) is 1. The highest BCUT2D eigenvalue weighted by atomic mass is 35.5. The van der Waals surface area contributed by atoms with Gasteiger partial charge in [0.05, 0.1) is 14.9 Å². The van der Waals surface area contributed by atoms with Crippen molar-refractivity contribution in [1.29, 1.82) is 0 Å². The van der Waals surface area contributed by atoms with Gasteiger partial charge < -0.3 is 5.11 Å². The Kier molecular flexibility index (Phi) is 4.07. The first-order chi connectivity index (χ1) is 7.26. The Morgan fingerprint density at radius 2 is 1.81 bits per heavy atom. The summed E-state index contributed by atoms with van der Waals surface area (Å²) >= 11 is 16.5. The molecule has 1 aromatic rings. The molecule has 0 saturated heterocycles. The molecule has 1 rings (SSSR count). The molecule has 16 heavy (non-hydrogen) atoms. The molecule has 0 aliphatic heterocycles. The van der Waals surface area contributed by atoms with E-state index in [1.807, 2.05) is 0 Å². The van der Waals surface area contributed by atoms with Crippen LogP contribution < -0.4 is 0 Å². The van der Waals surface area contributed by atoms with Crippen molar-refractivity contribution in [3.05, 3.63) is 28.2 Å². The van der Waals surface area contributed by atoms with Crippen LogP contribution in [0.25, 0.3) is 0 Å². The van der Waals surface area contributed by atoms with E-state index in [2.05, 4.69) is 0 Å². The van der Waals surface area contributed by atoms with Crippen molar-refractivity contribution in [2.75, 3.05) is 0 Å². The average molecular weight is 304 g/mol. The van der Waals surface area contributed by atoms with E-state index in [-0.39, 0.29) is 14.9 Å². The van der Waals surface area contributed by atoms with Gasteiger partial charge in [0.2, 0.25) is 14.5 Å². The van der Waals surface area contributed by atoms with E-state index in [4.69, 9.17) is 39.9 Å². The Bertz CT molecular complexity index is 526. The van der Waals surface area contributed by atoms with Crippen LogP contribution in [0.1, 0.15) is 0 Å². The molecular weight excluding hydrogens is 299 g/mol. The molecule has 1 unspecified atom stereocenters. The summed E-state index contributed by atoms with van der Waals surface area (Å²) in [5.74, 6) is -1.65. The Morgan fingerprint density at radius 1 is 1.25 bits per heavy atom. The lowest BCUT2D eigenvalue weighted by molar-refractivity contribution is -0.134. The summed E-state index contributed by atoms with van der Waals surface area (Å²) in [6, 6.07) is 3.45. The van der Waals surface area contributed by atoms with Gasteiger partial charge in [-0.3, -0.25) is 0 Å². The van der Waals surface area contributed by atoms with Crippen LogP contribution in [0.4, 0.5) is 0 Å². The molecule has 0 aromatic heterocycles. The molecule has 0 bridgehead atoms. The zero-order valence-electron chi connectivity index (χ0n) is 7.52. The standard InChI is InChI=1S/C8H5Cl3O4S/c9-5-2-1-4(3-6(5)10)16(14,15)7(11)8(12)13/h1-3,7H,(H,12,13). The van der Waals surface area contributed by atoms with Gasteiger partial charge in [0.25, 0.3) is 0 Å². The van der Waals surface area contributed by atoms with Crippen molar-refractivity contribution >= 4 is 50.6 Å². The first-order valence-electron chi connectivity index (χ1n) is 3.82. The summed E-state index contributed by atoms with van der Waals surface area (Å²) in [7, 11) is -4.15. The highest BCUT2D eigenvalue weighted by Crippen LogP contribution is 2.27. The summed E-state index contributed by atoms with van der Waals surface area (Å²) in [6.07, 6.45) is 0. The fourth-order valence-corrected chi connectivity index (χ4v) is 2.62. The Labute approximate surface area is 107 Å². The second-order valence-corrected chi connectivity index (χ2v) is 6.32. The summed E-state index contributed by atoms with van der Waals surface area (Å²) in [4.78, 5) is 10.2. The highest BCUT2D eigenvalue weighted by Gasteiger charge is 2.32. The minimum atomic E-state index is -4.15. The van der Waals surface area contributed by atoms with E-state index in [0.717, 1.165) is 12.1 Å². The maximum atomic E-state index is 11.6. The third-order valence-electron chi connectivity index (χ3n) is 1.69. The third-order valence-corrected chi connectivity index (χ3v) is 4.97. The van der Waals surface area contributed by atoms with Crippen LogP contribution in [0, 0.1) is 0 Å². The predicted molar refractivity (Wildman–Crippen MR) is 60.9 cm³/mol. The normalized spacial score (nSPS) is 13.4. The van der Waals surface area contributed by atoms with E-state index in [0.29, 0.717) is 0 Å². The molecule has 0 fully saturated rings. The number of benzene rings is 1. The van der Waals surface area contributed by atoms with Crippen LogP contribution in [0.5, 0.6) is 0 Å². The molecular formula is C8H5Cl3O4S. The first kappa shape index (κ1) is 13.6. The zero-order valence-corrected chi connectivity index (χ0v) is 10.6. The molecule has 0 heterocycles. The third kappa shape index (κ3) is 2.60. The van der Waals surface area contributed by atoms with E-state index < -0.39 is 20.5 Å². The summed E-state index contributed by atoms with van der Waals surface area (Å²) in [6.45, 7) is 0. The highest BCUT2D eigenvalue weighted by molar-refractivity contribution is 7.94. The van der Waals surface area contributed by atoms with Crippen molar-refractivity contribution in [2.45, 2.75) is 9.60 Å². The lowest BCUT2D eigenvalue weighted by Gasteiger charge is -2.07. The van der Waals surface area contributed by atoms with Crippen molar-refractivity contribution in [1.82, 2.24) is 0 Å². The molecule has 0 aliphatic rings. The minimum Gasteiger partial charge on any atom is -0.479 e. The molecule has 1 N–H and O–H groups in total. The monoisotopic (exact) mass is 302 g/mol. The van der Waals surface area contributed by atoms with Gasteiger partial charge in [-0.2, -0.15) is 0 Å². The summed E-state index contributed by atoms with van der Waals surface area (Å²) in [5, 5.41) is 8.71. The van der Waals surface area contributed by atoms with Gasteiger partial charge in [-0.15, -0.1) is 0 Å². The minimum absolute atomic E-state index is 0.0111. The van der Waals surface area contributed by atoms with Crippen molar-refractivity contribution in [2.24, 2.45) is 0 Å². The Morgan fingerprint density at radius 3 is 2.25 bits per heavy atom. The van der Waals surface area contributed by atoms with Gasteiger partial charge in [0.15, 0.2) is 0 Å². The molecule has 1 atom stereocenters. The number of sulfone groups is 1. The molecule has 88 valence electrons. The van der Waals surface area contributed by atoms with Crippen molar-refractivity contribution < 1.29 is 18.3 Å². The fraction of sp³-hybridized carbons (Fsp3) is 0.125. The Hall–Kier alpha value is -0.490. The van der Waals surface area contributed by atoms with Crippen molar-refractivity contribution in [3.8, 4) is 0 Å². The van der Waals surface area contributed by atoms with Crippen LogP contribution >= 0.6 is 34.8 Å². The fourth-order valence-electron chi connectivity index (χ4n) is 0.906. The van der Waals surface area contributed by atoms with Gasteiger partial charge >= 0.3 is 5.97 Å². The molecule has 8 heteroatoms. The number of alkyl halides is 1. The number of carboxylic acid groups (broad SMARTS) is 1. The van der Waals surface area contributed by atoms with E-state index in [9.17, 15) is 13.2 Å². The second-order valence-electron chi connectivity index (χ2n) is 2.78. The van der Waals surface area contributed by atoms with Crippen LogP contribution in [0.3, 0.4) is 0 Å². The number of hydrogen-bond acceptors (Lipinski definition) is 3. The van der Waals surface area contributed by atoms with Crippen LogP contribution in [0.2, 0.25) is 10.0 Å². The van der Waals surface area contributed by atoms with Gasteiger partial charge in [-0.25, -0.2) is 13.2 Å².